The summed E-state index contributed by atoms with van der Waals surface area (Å²) >= 11 is 0. The molecule has 3 rings (SSSR count). The van der Waals surface area contributed by atoms with Crippen molar-refractivity contribution < 1.29 is 18.0 Å². The molecule has 1 aromatic heterocycles. The van der Waals surface area contributed by atoms with Crippen LogP contribution in [0.25, 0.3) is 11.1 Å². The van der Waals surface area contributed by atoms with E-state index in [4.69, 9.17) is 0 Å². The highest BCUT2D eigenvalue weighted by atomic mass is 19.1. The molecule has 120 valence electrons. The molecule has 3 aromatic rings. The van der Waals surface area contributed by atoms with E-state index >= 15 is 0 Å². The van der Waals surface area contributed by atoms with Crippen LogP contribution < -0.4 is 5.32 Å². The SMILES string of the molecule is O=C(Nc1cc(-c2c(F)cccc2F)ccn1)c1cccc(F)c1. The van der Waals surface area contributed by atoms with Crippen LogP contribution in [0.4, 0.5) is 19.0 Å². The molecule has 2 aromatic carbocycles. The molecule has 0 aliphatic rings. The Balaban J connectivity index is 1.90. The normalized spacial score (nSPS) is 10.5. The second-order valence-corrected chi connectivity index (χ2v) is 4.99. The maximum Gasteiger partial charge on any atom is 0.256 e. The van der Waals surface area contributed by atoms with E-state index in [0.29, 0.717) is 0 Å². The molecule has 0 radical (unpaired) electrons. The molecule has 0 fully saturated rings. The lowest BCUT2D eigenvalue weighted by Crippen LogP contribution is -2.13. The van der Waals surface area contributed by atoms with E-state index in [1.807, 2.05) is 0 Å². The first-order chi connectivity index (χ1) is 11.5. The highest BCUT2D eigenvalue weighted by molar-refractivity contribution is 6.03. The van der Waals surface area contributed by atoms with Crippen molar-refractivity contribution in [2.24, 2.45) is 0 Å². The summed E-state index contributed by atoms with van der Waals surface area (Å²) in [5.41, 5.74) is 0.135. The summed E-state index contributed by atoms with van der Waals surface area (Å²) in [7, 11) is 0. The Kier molecular flexibility index (Phi) is 4.29. The minimum absolute atomic E-state index is 0.101. The number of hydrogen-bond acceptors (Lipinski definition) is 2. The number of carbonyl (C=O) groups excluding carboxylic acids is 1. The van der Waals surface area contributed by atoms with Gasteiger partial charge in [0.05, 0.1) is 5.56 Å². The smallest absolute Gasteiger partial charge is 0.256 e. The van der Waals surface area contributed by atoms with Gasteiger partial charge in [0.25, 0.3) is 5.91 Å². The van der Waals surface area contributed by atoms with Crippen LogP contribution in [-0.2, 0) is 0 Å². The van der Waals surface area contributed by atoms with E-state index in [0.717, 1.165) is 18.2 Å². The fraction of sp³-hybridized carbons (Fsp3) is 0. The van der Waals surface area contributed by atoms with E-state index in [9.17, 15) is 18.0 Å². The maximum absolute atomic E-state index is 13.9. The predicted molar refractivity (Wildman–Crippen MR) is 83.9 cm³/mol. The number of rotatable bonds is 3. The van der Waals surface area contributed by atoms with Crippen molar-refractivity contribution >= 4 is 11.7 Å². The van der Waals surface area contributed by atoms with Crippen LogP contribution >= 0.6 is 0 Å². The lowest BCUT2D eigenvalue weighted by atomic mass is 10.1. The molecule has 0 aliphatic heterocycles. The number of benzene rings is 2. The minimum atomic E-state index is -0.719. The third-order valence-electron chi connectivity index (χ3n) is 3.34. The number of nitrogens with zero attached hydrogens (tertiary/aromatic N) is 1. The number of halogens is 3. The summed E-state index contributed by atoms with van der Waals surface area (Å²) in [5, 5.41) is 2.47. The van der Waals surface area contributed by atoms with Gasteiger partial charge in [-0.1, -0.05) is 12.1 Å². The number of aromatic nitrogens is 1. The highest BCUT2D eigenvalue weighted by Crippen LogP contribution is 2.27. The van der Waals surface area contributed by atoms with Crippen molar-refractivity contribution in [3.8, 4) is 11.1 Å². The van der Waals surface area contributed by atoms with Gasteiger partial charge in [-0.25, -0.2) is 18.2 Å². The Morgan fingerprint density at radius 3 is 2.33 bits per heavy atom. The first-order valence-electron chi connectivity index (χ1n) is 7.02. The highest BCUT2D eigenvalue weighted by Gasteiger charge is 2.13. The predicted octanol–water partition coefficient (Wildman–Crippen LogP) is 4.42. The second kappa shape index (κ2) is 6.54. The molecule has 0 aliphatic carbocycles. The summed E-state index contributed by atoms with van der Waals surface area (Å²) < 4.78 is 40.9. The van der Waals surface area contributed by atoms with Crippen molar-refractivity contribution in [2.45, 2.75) is 0 Å². The Labute approximate surface area is 135 Å². The number of pyridine rings is 1. The van der Waals surface area contributed by atoms with Gasteiger partial charge in [0.2, 0.25) is 0 Å². The van der Waals surface area contributed by atoms with Gasteiger partial charge in [0.1, 0.15) is 23.3 Å². The molecule has 0 unspecified atom stereocenters. The zero-order valence-electron chi connectivity index (χ0n) is 12.3. The fourth-order valence-corrected chi connectivity index (χ4v) is 2.25. The molecule has 1 N–H and O–H groups in total. The zero-order chi connectivity index (χ0) is 17.1. The summed E-state index contributed by atoms with van der Waals surface area (Å²) in [6.07, 6.45) is 1.32. The van der Waals surface area contributed by atoms with Crippen molar-refractivity contribution in [2.75, 3.05) is 5.32 Å². The number of amides is 1. The fourth-order valence-electron chi connectivity index (χ4n) is 2.25. The van der Waals surface area contributed by atoms with Crippen LogP contribution in [0, 0.1) is 17.5 Å². The molecule has 6 heteroatoms. The Bertz CT molecular complexity index is 892. The molecular weight excluding hydrogens is 317 g/mol. The third-order valence-corrected chi connectivity index (χ3v) is 3.34. The summed E-state index contributed by atoms with van der Waals surface area (Å²) in [6.45, 7) is 0. The van der Waals surface area contributed by atoms with Crippen molar-refractivity contribution in [3.05, 3.63) is 83.8 Å². The van der Waals surface area contributed by atoms with Gasteiger partial charge in [0, 0.05) is 11.8 Å². The van der Waals surface area contributed by atoms with Crippen LogP contribution in [0.5, 0.6) is 0 Å². The van der Waals surface area contributed by atoms with Crippen LogP contribution in [-0.4, -0.2) is 10.9 Å². The number of anilines is 1. The van der Waals surface area contributed by atoms with Gasteiger partial charge in [-0.3, -0.25) is 4.79 Å². The van der Waals surface area contributed by atoms with Crippen LogP contribution in [0.1, 0.15) is 10.4 Å². The Hall–Kier alpha value is -3.15. The third kappa shape index (κ3) is 3.27. The molecule has 24 heavy (non-hydrogen) atoms. The van der Waals surface area contributed by atoms with Gasteiger partial charge in [-0.05, 0) is 48.0 Å². The van der Waals surface area contributed by atoms with Crippen molar-refractivity contribution in [1.82, 2.24) is 4.98 Å². The molecule has 0 saturated carbocycles. The average molecular weight is 328 g/mol. The molecule has 0 bridgehead atoms. The zero-order valence-corrected chi connectivity index (χ0v) is 12.3. The molecule has 3 nitrogen and oxygen atoms in total. The number of nitrogens with one attached hydrogen (secondary N) is 1. The average Bonchev–Trinajstić information content (AvgIpc) is 2.55. The van der Waals surface area contributed by atoms with Crippen molar-refractivity contribution in [3.63, 3.8) is 0 Å². The van der Waals surface area contributed by atoms with E-state index in [2.05, 4.69) is 10.3 Å². The van der Waals surface area contributed by atoms with Gasteiger partial charge >= 0.3 is 0 Å². The first-order valence-corrected chi connectivity index (χ1v) is 7.02. The Morgan fingerprint density at radius 1 is 0.917 bits per heavy atom. The van der Waals surface area contributed by atoms with E-state index in [1.165, 1.54) is 42.6 Å². The van der Waals surface area contributed by atoms with Gasteiger partial charge in [0.15, 0.2) is 0 Å². The molecular formula is C18H11F3N2O. The quantitative estimate of drug-likeness (QED) is 0.773. The minimum Gasteiger partial charge on any atom is -0.307 e. The standard InChI is InChI=1S/C18H11F3N2O/c19-13-4-1-3-12(9-13)18(24)23-16-10-11(7-8-22-16)17-14(20)5-2-6-15(17)21/h1-10H,(H,22,23,24). The Morgan fingerprint density at radius 2 is 1.62 bits per heavy atom. The molecule has 0 spiro atoms. The molecule has 0 saturated heterocycles. The van der Waals surface area contributed by atoms with Crippen LogP contribution in [0.2, 0.25) is 0 Å². The van der Waals surface area contributed by atoms with E-state index < -0.39 is 23.4 Å². The number of carbonyl (C=O) groups is 1. The van der Waals surface area contributed by atoms with Crippen LogP contribution in [0.15, 0.2) is 60.8 Å². The summed E-state index contributed by atoms with van der Waals surface area (Å²) in [6, 6.07) is 11.5. The summed E-state index contributed by atoms with van der Waals surface area (Å²) in [4.78, 5) is 16.0. The second-order valence-electron chi connectivity index (χ2n) is 4.99. The monoisotopic (exact) mass is 328 g/mol. The summed E-state index contributed by atoms with van der Waals surface area (Å²) in [5.74, 6) is -2.46. The van der Waals surface area contributed by atoms with Gasteiger partial charge in [-0.2, -0.15) is 0 Å². The van der Waals surface area contributed by atoms with Crippen LogP contribution in [0.3, 0.4) is 0 Å². The molecule has 1 heterocycles. The van der Waals surface area contributed by atoms with E-state index in [1.54, 1.807) is 0 Å². The lowest BCUT2D eigenvalue weighted by molar-refractivity contribution is 0.102. The van der Waals surface area contributed by atoms with Gasteiger partial charge in [-0.15, -0.1) is 0 Å². The maximum atomic E-state index is 13.9. The lowest BCUT2D eigenvalue weighted by Gasteiger charge is -2.08. The van der Waals surface area contributed by atoms with Crippen molar-refractivity contribution in [1.29, 1.82) is 0 Å². The first kappa shape index (κ1) is 15.7. The topological polar surface area (TPSA) is 42.0 Å². The number of hydrogen-bond donors (Lipinski definition) is 1. The van der Waals surface area contributed by atoms with Gasteiger partial charge < -0.3 is 5.32 Å². The molecule has 0 atom stereocenters. The molecule has 1 amide bonds. The largest absolute Gasteiger partial charge is 0.307 e. The van der Waals surface area contributed by atoms with E-state index in [-0.39, 0.29) is 22.5 Å².